The molecule has 1 N–H and O–H groups in total. The summed E-state index contributed by atoms with van der Waals surface area (Å²) in [5.41, 5.74) is 1.12. The van der Waals surface area contributed by atoms with Crippen molar-refractivity contribution in [3.8, 4) is 5.75 Å². The lowest BCUT2D eigenvalue weighted by Gasteiger charge is -2.38. The molecular weight excluding hydrogens is 418 g/mol. The van der Waals surface area contributed by atoms with E-state index in [1.165, 1.54) is 39.0 Å². The fraction of sp³-hybridized carbons (Fsp3) is 0.692. The van der Waals surface area contributed by atoms with Crippen LogP contribution in [0.3, 0.4) is 0 Å². The Morgan fingerprint density at radius 3 is 2.58 bits per heavy atom. The summed E-state index contributed by atoms with van der Waals surface area (Å²) < 4.78 is 12.1. The Morgan fingerprint density at radius 2 is 1.91 bits per heavy atom. The van der Waals surface area contributed by atoms with E-state index in [4.69, 9.17) is 9.47 Å². The summed E-state index contributed by atoms with van der Waals surface area (Å²) in [6.07, 6.45) is 6.55. The van der Waals surface area contributed by atoms with Crippen molar-refractivity contribution < 1.29 is 19.1 Å². The molecule has 3 rings (SSSR count). The second kappa shape index (κ2) is 11.8. The number of nitrogens with one attached hydrogen (secondary N) is 1. The van der Waals surface area contributed by atoms with Crippen molar-refractivity contribution in [1.29, 1.82) is 0 Å². The van der Waals surface area contributed by atoms with Crippen molar-refractivity contribution in [2.24, 2.45) is 11.8 Å². The lowest BCUT2D eigenvalue weighted by molar-refractivity contribution is -0.114. The molecule has 2 aliphatic rings. The fourth-order valence-electron chi connectivity index (χ4n) is 5.08. The first-order valence-electron chi connectivity index (χ1n) is 12.3. The smallest absolute Gasteiger partial charge is 0.257 e. The van der Waals surface area contributed by atoms with Crippen molar-refractivity contribution >= 4 is 17.5 Å². The summed E-state index contributed by atoms with van der Waals surface area (Å²) in [5.74, 6) is 1.24. The molecule has 3 atom stereocenters. The third kappa shape index (κ3) is 6.93. The maximum atomic E-state index is 13.3. The number of carbonyl (C=O) groups is 2. The molecule has 0 saturated heterocycles. The molecule has 2 amide bonds. The molecule has 0 bridgehead atoms. The molecule has 0 radical (unpaired) electrons. The Labute approximate surface area is 198 Å². The highest BCUT2D eigenvalue weighted by molar-refractivity contribution is 5.98. The van der Waals surface area contributed by atoms with Gasteiger partial charge in [-0.3, -0.25) is 14.5 Å². The van der Waals surface area contributed by atoms with Gasteiger partial charge in [-0.25, -0.2) is 0 Å². The topological polar surface area (TPSA) is 71.1 Å². The average Bonchev–Trinajstić information content (AvgIpc) is 2.79. The standard InChI is InChI=1S/C26H41N3O4/c1-18-14-29(15-21-9-7-6-8-10-21)19(2)17-33-24-13-22(27-20(3)30)11-12-23(24)26(31)28(4)16-25(18)32-5/h11-13,18-19,21,25H,6-10,14-17H2,1-5H3,(H,27,30)/t18-,19+,25-/m0/s1. The van der Waals surface area contributed by atoms with Gasteiger partial charge >= 0.3 is 0 Å². The molecule has 1 saturated carbocycles. The van der Waals surface area contributed by atoms with Gasteiger partial charge in [-0.1, -0.05) is 26.2 Å². The molecule has 1 aliphatic heterocycles. The van der Waals surface area contributed by atoms with Crippen molar-refractivity contribution in [3.63, 3.8) is 0 Å². The number of nitrogens with zero attached hydrogens (tertiary/aromatic N) is 2. The number of anilines is 1. The Balaban J connectivity index is 1.89. The van der Waals surface area contributed by atoms with Gasteiger partial charge in [0.25, 0.3) is 5.91 Å². The molecule has 184 valence electrons. The van der Waals surface area contributed by atoms with Gasteiger partial charge in [-0.05, 0) is 43.7 Å². The SMILES string of the molecule is CO[C@H]1CN(C)C(=O)c2ccc(NC(C)=O)cc2OC[C@@H](C)N(CC2CCCCC2)C[C@@H]1C. The quantitative estimate of drug-likeness (QED) is 0.736. The van der Waals surface area contributed by atoms with Crippen LogP contribution in [0.2, 0.25) is 0 Å². The van der Waals surface area contributed by atoms with Gasteiger partial charge < -0.3 is 19.7 Å². The molecule has 7 heteroatoms. The van der Waals surface area contributed by atoms with E-state index in [-0.39, 0.29) is 29.9 Å². The monoisotopic (exact) mass is 459 g/mol. The number of methoxy groups -OCH3 is 1. The van der Waals surface area contributed by atoms with Gasteiger partial charge in [0.15, 0.2) is 0 Å². The van der Waals surface area contributed by atoms with E-state index < -0.39 is 0 Å². The Bertz CT molecular complexity index is 809. The van der Waals surface area contributed by atoms with Crippen LogP contribution in [0.1, 0.15) is 63.2 Å². The number of ether oxygens (including phenoxy) is 2. The van der Waals surface area contributed by atoms with Crippen molar-refractivity contribution in [1.82, 2.24) is 9.80 Å². The summed E-state index contributed by atoms with van der Waals surface area (Å²) in [7, 11) is 3.54. The largest absolute Gasteiger partial charge is 0.491 e. The molecule has 7 nitrogen and oxygen atoms in total. The molecule has 0 unspecified atom stereocenters. The van der Waals surface area contributed by atoms with E-state index in [1.807, 2.05) is 0 Å². The number of hydrogen-bond acceptors (Lipinski definition) is 5. The van der Waals surface area contributed by atoms with Crippen LogP contribution in [0.25, 0.3) is 0 Å². The highest BCUT2D eigenvalue weighted by Crippen LogP contribution is 2.29. The molecule has 1 aromatic rings. The number of carbonyl (C=O) groups excluding carboxylic acids is 2. The number of likely N-dealkylation sites (N-methyl/N-ethyl adjacent to an activating group) is 1. The van der Waals surface area contributed by atoms with Gasteiger partial charge in [0.2, 0.25) is 5.91 Å². The summed E-state index contributed by atoms with van der Waals surface area (Å²) in [4.78, 5) is 29.1. The van der Waals surface area contributed by atoms with E-state index in [0.717, 1.165) is 19.0 Å². The zero-order chi connectivity index (χ0) is 24.0. The molecule has 33 heavy (non-hydrogen) atoms. The predicted molar refractivity (Wildman–Crippen MR) is 131 cm³/mol. The lowest BCUT2D eigenvalue weighted by atomic mass is 9.88. The van der Waals surface area contributed by atoms with Crippen molar-refractivity contribution in [3.05, 3.63) is 23.8 Å². The normalized spacial score (nSPS) is 26.0. The Morgan fingerprint density at radius 1 is 1.18 bits per heavy atom. The van der Waals surface area contributed by atoms with Crippen LogP contribution in [0.5, 0.6) is 5.75 Å². The number of hydrogen-bond donors (Lipinski definition) is 1. The van der Waals surface area contributed by atoms with Crippen molar-refractivity contribution in [2.75, 3.05) is 45.7 Å². The maximum absolute atomic E-state index is 13.3. The van der Waals surface area contributed by atoms with E-state index in [1.54, 1.807) is 37.3 Å². The minimum atomic E-state index is -0.157. The van der Waals surface area contributed by atoms with E-state index >= 15 is 0 Å². The first kappa shape index (κ1) is 25.5. The molecule has 0 spiro atoms. The summed E-state index contributed by atoms with van der Waals surface area (Å²) >= 11 is 0. The second-order valence-electron chi connectivity index (χ2n) is 9.95. The molecule has 0 aromatic heterocycles. The van der Waals surface area contributed by atoms with E-state index in [2.05, 4.69) is 24.1 Å². The number of rotatable bonds is 4. The third-order valence-corrected chi connectivity index (χ3v) is 7.11. The summed E-state index contributed by atoms with van der Waals surface area (Å²) in [5, 5.41) is 2.79. The fourth-order valence-corrected chi connectivity index (χ4v) is 5.08. The van der Waals surface area contributed by atoms with Crippen LogP contribution in [0.4, 0.5) is 5.69 Å². The van der Waals surface area contributed by atoms with Crippen LogP contribution < -0.4 is 10.1 Å². The molecule has 1 heterocycles. The first-order valence-corrected chi connectivity index (χ1v) is 12.3. The van der Waals surface area contributed by atoms with Crippen LogP contribution in [-0.2, 0) is 9.53 Å². The molecular formula is C26H41N3O4. The van der Waals surface area contributed by atoms with Gasteiger partial charge in [0.1, 0.15) is 12.4 Å². The lowest BCUT2D eigenvalue weighted by Crippen LogP contribution is -2.48. The zero-order valence-electron chi connectivity index (χ0n) is 20.9. The number of benzene rings is 1. The van der Waals surface area contributed by atoms with Crippen LogP contribution in [-0.4, -0.2) is 74.2 Å². The zero-order valence-corrected chi connectivity index (χ0v) is 20.9. The van der Waals surface area contributed by atoms with Crippen LogP contribution in [0, 0.1) is 11.8 Å². The van der Waals surface area contributed by atoms with Gasteiger partial charge in [0.05, 0.1) is 11.7 Å². The average molecular weight is 460 g/mol. The van der Waals surface area contributed by atoms with Gasteiger partial charge in [-0.15, -0.1) is 0 Å². The Hall–Kier alpha value is -2.12. The predicted octanol–water partition coefficient (Wildman–Crippen LogP) is 4.03. The number of fused-ring (bicyclic) bond motifs is 1. The molecule has 1 fully saturated rings. The number of amides is 2. The van der Waals surface area contributed by atoms with E-state index in [0.29, 0.717) is 30.2 Å². The minimum Gasteiger partial charge on any atom is -0.491 e. The van der Waals surface area contributed by atoms with Gasteiger partial charge in [0, 0.05) is 58.5 Å². The first-order chi connectivity index (χ1) is 15.8. The molecule has 1 aliphatic carbocycles. The second-order valence-corrected chi connectivity index (χ2v) is 9.95. The Kier molecular flexibility index (Phi) is 9.15. The van der Waals surface area contributed by atoms with E-state index in [9.17, 15) is 9.59 Å². The summed E-state index contributed by atoms with van der Waals surface area (Å²) in [6.45, 7) is 8.84. The molecule has 1 aromatic carbocycles. The highest BCUT2D eigenvalue weighted by atomic mass is 16.5. The maximum Gasteiger partial charge on any atom is 0.257 e. The van der Waals surface area contributed by atoms with Crippen molar-refractivity contribution in [2.45, 2.75) is 65.0 Å². The van der Waals surface area contributed by atoms with Gasteiger partial charge in [-0.2, -0.15) is 0 Å². The summed E-state index contributed by atoms with van der Waals surface area (Å²) in [6, 6.07) is 5.43. The van der Waals surface area contributed by atoms with Crippen LogP contribution in [0.15, 0.2) is 18.2 Å². The van der Waals surface area contributed by atoms with Crippen LogP contribution >= 0.6 is 0 Å². The minimum absolute atomic E-state index is 0.0533. The highest BCUT2D eigenvalue weighted by Gasteiger charge is 2.29. The third-order valence-electron chi connectivity index (χ3n) is 7.11.